The van der Waals surface area contributed by atoms with Crippen LogP contribution < -0.4 is 16.4 Å². The maximum absolute atomic E-state index is 12.5. The highest BCUT2D eigenvalue weighted by Gasteiger charge is 2.36. The number of benzene rings is 1. The van der Waals surface area contributed by atoms with Gasteiger partial charge in [-0.15, -0.1) is 0 Å². The number of primary amides is 1. The van der Waals surface area contributed by atoms with Crippen molar-refractivity contribution in [2.75, 3.05) is 6.61 Å². The number of rotatable bonds is 5. The Hall–Kier alpha value is -2.08. The van der Waals surface area contributed by atoms with E-state index in [1.54, 1.807) is 24.3 Å². The predicted octanol–water partition coefficient (Wildman–Crippen LogP) is 0.817. The number of nitrogens with one attached hydrogen (secondary N) is 2. The van der Waals surface area contributed by atoms with Crippen LogP contribution in [0.4, 0.5) is 4.79 Å². The van der Waals surface area contributed by atoms with Crippen molar-refractivity contribution in [2.45, 2.75) is 37.3 Å². The Morgan fingerprint density at radius 1 is 1.24 bits per heavy atom. The first-order valence-corrected chi connectivity index (χ1v) is 7.10. The number of amides is 3. The first-order valence-electron chi connectivity index (χ1n) is 7.10. The van der Waals surface area contributed by atoms with E-state index in [-0.39, 0.29) is 12.5 Å². The smallest absolute Gasteiger partial charge is 0.313 e. The number of urea groups is 1. The van der Waals surface area contributed by atoms with Crippen molar-refractivity contribution in [1.82, 2.24) is 10.6 Å². The molecule has 1 unspecified atom stereocenters. The van der Waals surface area contributed by atoms with Crippen molar-refractivity contribution in [2.24, 2.45) is 5.73 Å². The highest BCUT2D eigenvalue weighted by molar-refractivity contribution is 5.88. The van der Waals surface area contributed by atoms with Gasteiger partial charge in [0, 0.05) is 0 Å². The van der Waals surface area contributed by atoms with E-state index in [1.165, 1.54) is 0 Å². The zero-order chi connectivity index (χ0) is 15.3. The Kier molecular flexibility index (Phi) is 4.80. The monoisotopic (exact) mass is 291 g/mol. The molecule has 6 heteroatoms. The van der Waals surface area contributed by atoms with Crippen LogP contribution in [0, 0.1) is 0 Å². The average Bonchev–Trinajstić information content (AvgIpc) is 2.94. The van der Waals surface area contributed by atoms with Gasteiger partial charge in [-0.25, -0.2) is 4.79 Å². The summed E-state index contributed by atoms with van der Waals surface area (Å²) in [6.07, 6.45) is 3.43. The lowest BCUT2D eigenvalue weighted by Crippen LogP contribution is -2.53. The molecule has 1 aromatic rings. The Morgan fingerprint density at radius 2 is 1.86 bits per heavy atom. The molecule has 1 aliphatic carbocycles. The van der Waals surface area contributed by atoms with Gasteiger partial charge in [-0.2, -0.15) is 0 Å². The third-order valence-electron chi connectivity index (χ3n) is 3.93. The minimum atomic E-state index is -0.854. The highest BCUT2D eigenvalue weighted by Crippen LogP contribution is 2.30. The molecule has 114 valence electrons. The van der Waals surface area contributed by atoms with E-state index in [0.717, 1.165) is 25.7 Å². The Bertz CT molecular complexity index is 498. The number of aliphatic hydroxyl groups excluding tert-OH is 1. The number of carbonyl (C=O) groups is 2. The molecule has 1 atom stereocenters. The van der Waals surface area contributed by atoms with E-state index in [4.69, 9.17) is 5.73 Å². The average molecular weight is 291 g/mol. The van der Waals surface area contributed by atoms with Crippen molar-refractivity contribution < 1.29 is 14.7 Å². The summed E-state index contributed by atoms with van der Waals surface area (Å²) in [5.74, 6) is -0.351. The molecule has 1 fully saturated rings. The quantitative estimate of drug-likeness (QED) is 0.645. The summed E-state index contributed by atoms with van der Waals surface area (Å²) in [6, 6.07) is 7.29. The normalized spacial score (nSPS) is 18.0. The molecule has 0 radical (unpaired) electrons. The fourth-order valence-electron chi connectivity index (χ4n) is 2.80. The molecule has 0 aliphatic heterocycles. The first-order chi connectivity index (χ1) is 10.1. The Balaban J connectivity index is 2.16. The summed E-state index contributed by atoms with van der Waals surface area (Å²) >= 11 is 0. The molecular formula is C15H21N3O3. The number of hydrogen-bond donors (Lipinski definition) is 4. The molecule has 6 nitrogen and oxygen atoms in total. The lowest BCUT2D eigenvalue weighted by Gasteiger charge is -2.30. The van der Waals surface area contributed by atoms with Crippen molar-refractivity contribution in [3.63, 3.8) is 0 Å². The van der Waals surface area contributed by atoms with Gasteiger partial charge in [-0.05, 0) is 18.4 Å². The zero-order valence-corrected chi connectivity index (χ0v) is 11.8. The van der Waals surface area contributed by atoms with Gasteiger partial charge in [0.15, 0.2) is 0 Å². The van der Waals surface area contributed by atoms with Crippen molar-refractivity contribution in [3.05, 3.63) is 35.9 Å². The number of hydrogen-bond acceptors (Lipinski definition) is 3. The van der Waals surface area contributed by atoms with E-state index in [2.05, 4.69) is 10.6 Å². The number of nitrogens with two attached hydrogens (primary N) is 1. The topological polar surface area (TPSA) is 104 Å². The van der Waals surface area contributed by atoms with Crippen LogP contribution in [0.1, 0.15) is 37.3 Å². The second-order valence-electron chi connectivity index (χ2n) is 5.49. The van der Waals surface area contributed by atoms with E-state index in [1.807, 2.05) is 6.07 Å². The zero-order valence-electron chi connectivity index (χ0n) is 11.8. The van der Waals surface area contributed by atoms with Crippen molar-refractivity contribution in [3.8, 4) is 0 Å². The fourth-order valence-corrected chi connectivity index (χ4v) is 2.80. The van der Waals surface area contributed by atoms with Crippen LogP contribution in [0.2, 0.25) is 0 Å². The molecule has 1 aliphatic rings. The standard InChI is InChI=1S/C15H21N3O3/c16-14(21)17-12(11-6-2-1-3-7-11)13(20)18-15(10-19)8-4-5-9-15/h1-3,6-7,12,19H,4-5,8-10H2,(H,18,20)(H3,16,17,21). The summed E-state index contributed by atoms with van der Waals surface area (Å²) in [4.78, 5) is 23.7. The van der Waals surface area contributed by atoms with Crippen LogP contribution in [0.3, 0.4) is 0 Å². The minimum Gasteiger partial charge on any atom is -0.394 e. The lowest BCUT2D eigenvalue weighted by atomic mass is 9.97. The molecule has 0 bridgehead atoms. The molecule has 0 saturated heterocycles. The highest BCUT2D eigenvalue weighted by atomic mass is 16.3. The van der Waals surface area contributed by atoms with Crippen LogP contribution in [-0.4, -0.2) is 29.2 Å². The van der Waals surface area contributed by atoms with Gasteiger partial charge in [0.05, 0.1) is 12.1 Å². The SMILES string of the molecule is NC(=O)NC(C(=O)NC1(CO)CCCC1)c1ccccc1. The van der Waals surface area contributed by atoms with Crippen LogP contribution in [0.15, 0.2) is 30.3 Å². The van der Waals surface area contributed by atoms with E-state index >= 15 is 0 Å². The molecule has 1 aromatic carbocycles. The second-order valence-corrected chi connectivity index (χ2v) is 5.49. The summed E-state index contributed by atoms with van der Waals surface area (Å²) in [5.41, 5.74) is 5.24. The summed E-state index contributed by atoms with van der Waals surface area (Å²) in [7, 11) is 0. The van der Waals surface area contributed by atoms with Crippen LogP contribution in [0.25, 0.3) is 0 Å². The fraction of sp³-hybridized carbons (Fsp3) is 0.467. The predicted molar refractivity (Wildman–Crippen MR) is 78.3 cm³/mol. The van der Waals surface area contributed by atoms with Gasteiger partial charge in [-0.3, -0.25) is 4.79 Å². The second kappa shape index (κ2) is 6.58. The first kappa shape index (κ1) is 15.3. The molecular weight excluding hydrogens is 270 g/mol. The molecule has 2 rings (SSSR count). The molecule has 0 spiro atoms. The molecule has 0 aromatic heterocycles. The molecule has 0 heterocycles. The number of carbonyl (C=O) groups excluding carboxylic acids is 2. The van der Waals surface area contributed by atoms with Crippen LogP contribution >= 0.6 is 0 Å². The molecule has 1 saturated carbocycles. The Morgan fingerprint density at radius 3 is 2.38 bits per heavy atom. The van der Waals surface area contributed by atoms with E-state index < -0.39 is 17.6 Å². The molecule has 21 heavy (non-hydrogen) atoms. The maximum Gasteiger partial charge on any atom is 0.313 e. The van der Waals surface area contributed by atoms with Gasteiger partial charge < -0.3 is 21.5 Å². The maximum atomic E-state index is 12.5. The summed E-state index contributed by atoms with van der Waals surface area (Å²) in [6.45, 7) is -0.100. The Labute approximate surface area is 123 Å². The van der Waals surface area contributed by atoms with E-state index in [0.29, 0.717) is 5.56 Å². The molecule has 5 N–H and O–H groups in total. The lowest BCUT2D eigenvalue weighted by molar-refractivity contribution is -0.125. The van der Waals surface area contributed by atoms with Gasteiger partial charge in [0.25, 0.3) is 0 Å². The van der Waals surface area contributed by atoms with Crippen molar-refractivity contribution >= 4 is 11.9 Å². The number of aliphatic hydroxyl groups is 1. The van der Waals surface area contributed by atoms with Gasteiger partial charge in [0.2, 0.25) is 5.91 Å². The van der Waals surface area contributed by atoms with Crippen molar-refractivity contribution in [1.29, 1.82) is 0 Å². The summed E-state index contributed by atoms with van der Waals surface area (Å²) < 4.78 is 0. The molecule has 3 amide bonds. The van der Waals surface area contributed by atoms with Crippen LogP contribution in [-0.2, 0) is 4.79 Å². The third-order valence-corrected chi connectivity index (χ3v) is 3.93. The van der Waals surface area contributed by atoms with E-state index in [9.17, 15) is 14.7 Å². The van der Waals surface area contributed by atoms with Crippen LogP contribution in [0.5, 0.6) is 0 Å². The van der Waals surface area contributed by atoms with Gasteiger partial charge in [0.1, 0.15) is 6.04 Å². The minimum absolute atomic E-state index is 0.100. The largest absolute Gasteiger partial charge is 0.394 e. The van der Waals surface area contributed by atoms with Gasteiger partial charge in [-0.1, -0.05) is 43.2 Å². The summed E-state index contributed by atoms with van der Waals surface area (Å²) in [5, 5.41) is 14.9. The van der Waals surface area contributed by atoms with Gasteiger partial charge >= 0.3 is 6.03 Å². The third kappa shape index (κ3) is 3.72.